The standard InChI is InChI=1S/C11H14BrClN2S/c12-10-5-9(13)7-15-11(10)14-6-8-1-3-16-4-2-8/h5,7-8H,1-4,6H2,(H,14,15). The van der Waals surface area contributed by atoms with Gasteiger partial charge < -0.3 is 5.32 Å². The monoisotopic (exact) mass is 320 g/mol. The second-order valence-corrected chi connectivity index (χ2v) is 6.44. The lowest BCUT2D eigenvalue weighted by atomic mass is 10.0. The molecule has 1 saturated heterocycles. The first-order chi connectivity index (χ1) is 7.75. The number of hydrogen-bond acceptors (Lipinski definition) is 3. The van der Waals surface area contributed by atoms with Crippen LogP contribution in [0.3, 0.4) is 0 Å². The summed E-state index contributed by atoms with van der Waals surface area (Å²) in [5.74, 6) is 4.26. The molecule has 0 spiro atoms. The lowest BCUT2D eigenvalue weighted by molar-refractivity contribution is 0.515. The van der Waals surface area contributed by atoms with Crippen molar-refractivity contribution in [2.75, 3.05) is 23.4 Å². The largest absolute Gasteiger partial charge is 0.369 e. The molecule has 0 radical (unpaired) electrons. The van der Waals surface area contributed by atoms with Crippen molar-refractivity contribution in [2.24, 2.45) is 5.92 Å². The summed E-state index contributed by atoms with van der Waals surface area (Å²) < 4.78 is 0.935. The Morgan fingerprint density at radius 1 is 1.50 bits per heavy atom. The highest BCUT2D eigenvalue weighted by Gasteiger charge is 2.14. The van der Waals surface area contributed by atoms with Crippen molar-refractivity contribution in [3.05, 3.63) is 21.8 Å². The molecule has 1 N–H and O–H groups in total. The van der Waals surface area contributed by atoms with Gasteiger partial charge in [0.05, 0.1) is 9.50 Å². The highest BCUT2D eigenvalue weighted by Crippen LogP contribution is 2.26. The normalized spacial score (nSPS) is 17.4. The van der Waals surface area contributed by atoms with Gasteiger partial charge in [-0.2, -0.15) is 11.8 Å². The van der Waals surface area contributed by atoms with E-state index in [0.717, 1.165) is 22.8 Å². The molecule has 0 atom stereocenters. The van der Waals surface area contributed by atoms with Crippen molar-refractivity contribution in [3.63, 3.8) is 0 Å². The maximum atomic E-state index is 5.84. The quantitative estimate of drug-likeness (QED) is 0.909. The Hall–Kier alpha value is 0.0700. The van der Waals surface area contributed by atoms with Gasteiger partial charge in [0, 0.05) is 12.7 Å². The zero-order valence-electron chi connectivity index (χ0n) is 8.88. The van der Waals surface area contributed by atoms with E-state index in [0.29, 0.717) is 5.02 Å². The minimum atomic E-state index is 0.659. The summed E-state index contributed by atoms with van der Waals surface area (Å²) in [7, 11) is 0. The Morgan fingerprint density at radius 3 is 2.94 bits per heavy atom. The van der Waals surface area contributed by atoms with Crippen LogP contribution in [0.15, 0.2) is 16.7 Å². The van der Waals surface area contributed by atoms with E-state index in [1.165, 1.54) is 24.3 Å². The fourth-order valence-corrected chi connectivity index (χ4v) is 3.72. The first kappa shape index (κ1) is 12.5. The minimum absolute atomic E-state index is 0.659. The molecule has 0 aliphatic carbocycles. The zero-order chi connectivity index (χ0) is 11.4. The highest BCUT2D eigenvalue weighted by atomic mass is 79.9. The van der Waals surface area contributed by atoms with Crippen molar-refractivity contribution in [2.45, 2.75) is 12.8 Å². The van der Waals surface area contributed by atoms with Crippen LogP contribution in [0.5, 0.6) is 0 Å². The maximum absolute atomic E-state index is 5.84. The molecule has 1 aliphatic heterocycles. The van der Waals surface area contributed by atoms with E-state index >= 15 is 0 Å². The summed E-state index contributed by atoms with van der Waals surface area (Å²) in [6.07, 6.45) is 4.29. The van der Waals surface area contributed by atoms with E-state index in [2.05, 4.69) is 38.0 Å². The Bertz CT molecular complexity index is 356. The number of rotatable bonds is 3. The van der Waals surface area contributed by atoms with Gasteiger partial charge in [-0.25, -0.2) is 4.98 Å². The van der Waals surface area contributed by atoms with E-state index in [9.17, 15) is 0 Å². The number of hydrogen-bond donors (Lipinski definition) is 1. The SMILES string of the molecule is Clc1cnc(NCC2CCSCC2)c(Br)c1. The highest BCUT2D eigenvalue weighted by molar-refractivity contribution is 9.10. The molecule has 1 fully saturated rings. The van der Waals surface area contributed by atoms with Crippen molar-refractivity contribution in [3.8, 4) is 0 Å². The first-order valence-electron chi connectivity index (χ1n) is 5.38. The van der Waals surface area contributed by atoms with Gasteiger partial charge in [-0.15, -0.1) is 0 Å². The third-order valence-corrected chi connectivity index (χ3v) is 4.57. The number of thioether (sulfide) groups is 1. The molecule has 1 aromatic heterocycles. The van der Waals surface area contributed by atoms with Crippen LogP contribution in [0.4, 0.5) is 5.82 Å². The van der Waals surface area contributed by atoms with Gasteiger partial charge in [-0.1, -0.05) is 11.6 Å². The summed E-state index contributed by atoms with van der Waals surface area (Å²) in [6.45, 7) is 1.01. The molecule has 5 heteroatoms. The van der Waals surface area contributed by atoms with E-state index < -0.39 is 0 Å². The molecule has 0 aromatic carbocycles. The van der Waals surface area contributed by atoms with Crippen molar-refractivity contribution < 1.29 is 0 Å². The summed E-state index contributed by atoms with van der Waals surface area (Å²) >= 11 is 11.4. The van der Waals surface area contributed by atoms with Crippen molar-refractivity contribution in [1.29, 1.82) is 0 Å². The zero-order valence-corrected chi connectivity index (χ0v) is 12.0. The number of halogens is 2. The van der Waals surface area contributed by atoms with Gasteiger partial charge in [0.25, 0.3) is 0 Å². The third-order valence-electron chi connectivity index (χ3n) is 2.71. The Balaban J connectivity index is 1.88. The Labute approximate surface area is 114 Å². The summed E-state index contributed by atoms with van der Waals surface area (Å²) in [4.78, 5) is 4.27. The molecule has 1 aliphatic rings. The Morgan fingerprint density at radius 2 is 2.25 bits per heavy atom. The first-order valence-corrected chi connectivity index (χ1v) is 7.71. The molecule has 16 heavy (non-hydrogen) atoms. The van der Waals surface area contributed by atoms with Crippen LogP contribution in [0.2, 0.25) is 5.02 Å². The van der Waals surface area contributed by atoms with Crippen molar-refractivity contribution >= 4 is 45.1 Å². The second kappa shape index (κ2) is 6.12. The van der Waals surface area contributed by atoms with Gasteiger partial charge in [0.15, 0.2) is 0 Å². The number of nitrogens with zero attached hydrogens (tertiary/aromatic N) is 1. The summed E-state index contributed by atoms with van der Waals surface area (Å²) in [5, 5.41) is 4.04. The van der Waals surface area contributed by atoms with Gasteiger partial charge in [-0.3, -0.25) is 0 Å². The molecule has 0 amide bonds. The topological polar surface area (TPSA) is 24.9 Å². The number of aromatic nitrogens is 1. The molecular formula is C11H14BrClN2S. The molecule has 2 nitrogen and oxygen atoms in total. The number of anilines is 1. The van der Waals surface area contributed by atoms with E-state index in [-0.39, 0.29) is 0 Å². The van der Waals surface area contributed by atoms with Crippen LogP contribution in [0, 0.1) is 5.92 Å². The fourth-order valence-electron chi connectivity index (χ4n) is 1.74. The third kappa shape index (κ3) is 3.54. The molecule has 0 saturated carbocycles. The van der Waals surface area contributed by atoms with Gasteiger partial charge in [-0.05, 0) is 52.3 Å². The predicted octanol–water partition coefficient (Wildman–Crippen LogP) is 4.05. The lowest BCUT2D eigenvalue weighted by Crippen LogP contribution is -2.19. The summed E-state index contributed by atoms with van der Waals surface area (Å²) in [5.41, 5.74) is 0. The molecule has 0 unspecified atom stereocenters. The molecule has 0 bridgehead atoms. The lowest BCUT2D eigenvalue weighted by Gasteiger charge is -2.22. The van der Waals surface area contributed by atoms with Crippen LogP contribution in [0.25, 0.3) is 0 Å². The van der Waals surface area contributed by atoms with Crippen molar-refractivity contribution in [1.82, 2.24) is 4.98 Å². The second-order valence-electron chi connectivity index (χ2n) is 3.92. The van der Waals surface area contributed by atoms with Crippen LogP contribution in [-0.2, 0) is 0 Å². The number of pyridine rings is 1. The van der Waals surface area contributed by atoms with Crippen LogP contribution in [0.1, 0.15) is 12.8 Å². The van der Waals surface area contributed by atoms with Gasteiger partial charge >= 0.3 is 0 Å². The van der Waals surface area contributed by atoms with Gasteiger partial charge in [0.2, 0.25) is 0 Å². The molecule has 88 valence electrons. The smallest absolute Gasteiger partial charge is 0.140 e. The molecular weight excluding hydrogens is 308 g/mol. The average Bonchev–Trinajstić information content (AvgIpc) is 2.29. The van der Waals surface area contributed by atoms with Gasteiger partial charge in [0.1, 0.15) is 5.82 Å². The predicted molar refractivity (Wildman–Crippen MR) is 75.5 cm³/mol. The van der Waals surface area contributed by atoms with Crippen LogP contribution in [-0.4, -0.2) is 23.0 Å². The maximum Gasteiger partial charge on any atom is 0.140 e. The summed E-state index contributed by atoms with van der Waals surface area (Å²) in [6, 6.07) is 1.87. The number of nitrogens with one attached hydrogen (secondary N) is 1. The minimum Gasteiger partial charge on any atom is -0.369 e. The molecule has 2 rings (SSSR count). The van der Waals surface area contributed by atoms with Crippen LogP contribution >= 0.6 is 39.3 Å². The molecule has 1 aromatic rings. The average molecular weight is 322 g/mol. The van der Waals surface area contributed by atoms with E-state index in [4.69, 9.17) is 11.6 Å². The van der Waals surface area contributed by atoms with E-state index in [1.54, 1.807) is 6.20 Å². The fraction of sp³-hybridized carbons (Fsp3) is 0.545. The van der Waals surface area contributed by atoms with Crippen LogP contribution < -0.4 is 5.32 Å². The van der Waals surface area contributed by atoms with E-state index in [1.807, 2.05) is 6.07 Å². The Kier molecular flexibility index (Phi) is 4.79. The molecule has 2 heterocycles.